The van der Waals surface area contributed by atoms with Crippen LogP contribution in [0.3, 0.4) is 0 Å². The summed E-state index contributed by atoms with van der Waals surface area (Å²) in [6.45, 7) is 21.6. The molecule has 0 unspecified atom stereocenters. The van der Waals surface area contributed by atoms with Crippen LogP contribution < -0.4 is 0 Å². The van der Waals surface area contributed by atoms with E-state index >= 15 is 0 Å². The number of hydrogen-bond acceptors (Lipinski definition) is 0. The standard InChI is InChI=1S/C20H24.C14H18.C4H10/c1-5-15(4)20-14-19(12-11-17(20)7-3)18-10-8-9-16(6-2)13-18;1-4-13(5-2)10-11-14-9-7-6-8-12(14)3;1-4(2)3/h5,8-14H,6-7H2,1-4H3;4,6-11H,5H2,1-3H3;4H,1-3H3/b15-5+;11-10+,13-4-;. The second-order valence-electron chi connectivity index (χ2n) is 10.4. The van der Waals surface area contributed by atoms with Gasteiger partial charge in [0.15, 0.2) is 0 Å². The van der Waals surface area contributed by atoms with E-state index in [0.29, 0.717) is 0 Å². The lowest BCUT2D eigenvalue weighted by Crippen LogP contribution is -1.92. The maximum atomic E-state index is 2.34. The minimum absolute atomic E-state index is 0.833. The van der Waals surface area contributed by atoms with Gasteiger partial charge >= 0.3 is 0 Å². The molecule has 0 aliphatic carbocycles. The summed E-state index contributed by atoms with van der Waals surface area (Å²) in [5, 5.41) is 0. The molecular weight excluding hydrogens is 456 g/mol. The number of hydrogen-bond donors (Lipinski definition) is 0. The second kappa shape index (κ2) is 18.2. The summed E-state index contributed by atoms with van der Waals surface area (Å²) in [6.07, 6.45) is 12.0. The van der Waals surface area contributed by atoms with E-state index < -0.39 is 0 Å². The van der Waals surface area contributed by atoms with Crippen LogP contribution >= 0.6 is 0 Å². The third-order valence-corrected chi connectivity index (χ3v) is 6.46. The third kappa shape index (κ3) is 11.5. The van der Waals surface area contributed by atoms with Gasteiger partial charge in [-0.15, -0.1) is 0 Å². The Balaban J connectivity index is 0.000000349. The highest BCUT2D eigenvalue weighted by Gasteiger charge is 2.06. The van der Waals surface area contributed by atoms with Crippen LogP contribution in [0, 0.1) is 12.8 Å². The molecule has 0 heterocycles. The molecule has 0 radical (unpaired) electrons. The summed E-state index contributed by atoms with van der Waals surface area (Å²) in [7, 11) is 0. The lowest BCUT2D eigenvalue weighted by atomic mass is 9.93. The summed E-state index contributed by atoms with van der Waals surface area (Å²) >= 11 is 0. The smallest absolute Gasteiger partial charge is 0.0178 e. The Bertz CT molecular complexity index is 1180. The number of aryl methyl sites for hydroxylation is 3. The zero-order valence-electron chi connectivity index (χ0n) is 25.9. The Kier molecular flexibility index (Phi) is 15.7. The quantitative estimate of drug-likeness (QED) is 0.278. The highest BCUT2D eigenvalue weighted by molar-refractivity contribution is 5.74. The van der Waals surface area contributed by atoms with E-state index in [2.05, 4.69) is 160 Å². The number of allylic oxidation sites excluding steroid dienone is 5. The Morgan fingerprint density at radius 2 is 1.42 bits per heavy atom. The minimum atomic E-state index is 0.833. The Labute approximate surface area is 235 Å². The molecule has 3 aromatic rings. The van der Waals surface area contributed by atoms with Crippen LogP contribution in [0.2, 0.25) is 0 Å². The fraction of sp³-hybridized carbons (Fsp3) is 0.368. The lowest BCUT2D eigenvalue weighted by molar-refractivity contribution is 0.737. The van der Waals surface area contributed by atoms with Crippen LogP contribution in [0.5, 0.6) is 0 Å². The summed E-state index contributed by atoms with van der Waals surface area (Å²) in [6, 6.07) is 24.2. The van der Waals surface area contributed by atoms with Gasteiger partial charge in [-0.1, -0.05) is 132 Å². The van der Waals surface area contributed by atoms with Crippen molar-refractivity contribution in [2.24, 2.45) is 5.92 Å². The molecule has 3 rings (SSSR count). The average Bonchev–Trinajstić information content (AvgIpc) is 2.93. The molecule has 0 bridgehead atoms. The van der Waals surface area contributed by atoms with E-state index in [9.17, 15) is 0 Å². The maximum absolute atomic E-state index is 2.34. The predicted molar refractivity (Wildman–Crippen MR) is 175 cm³/mol. The first-order valence-corrected chi connectivity index (χ1v) is 14.4. The summed E-state index contributed by atoms with van der Waals surface area (Å²) in [5.74, 6) is 0.833. The molecule has 0 nitrogen and oxygen atoms in total. The van der Waals surface area contributed by atoms with Gasteiger partial charge in [0.1, 0.15) is 0 Å². The lowest BCUT2D eigenvalue weighted by Gasteiger charge is -2.12. The van der Waals surface area contributed by atoms with Crippen molar-refractivity contribution in [1.82, 2.24) is 0 Å². The van der Waals surface area contributed by atoms with Crippen LogP contribution in [0.15, 0.2) is 90.5 Å². The van der Waals surface area contributed by atoms with Gasteiger partial charge in [-0.25, -0.2) is 0 Å². The van der Waals surface area contributed by atoms with E-state index in [1.165, 1.54) is 50.1 Å². The normalized spacial score (nSPS) is 11.7. The SMILES string of the molecule is C/C=C(\C)c1cc(-c2cccc(CC)c2)ccc1CC.C/C=C(\C=C\c1ccccc1C)CC.CC(C)C. The van der Waals surface area contributed by atoms with Crippen molar-refractivity contribution in [2.75, 3.05) is 0 Å². The van der Waals surface area contributed by atoms with E-state index in [-0.39, 0.29) is 0 Å². The molecule has 0 saturated carbocycles. The molecule has 0 N–H and O–H groups in total. The van der Waals surface area contributed by atoms with Crippen molar-refractivity contribution in [1.29, 1.82) is 0 Å². The number of benzene rings is 3. The summed E-state index contributed by atoms with van der Waals surface area (Å²) in [4.78, 5) is 0. The van der Waals surface area contributed by atoms with E-state index in [0.717, 1.165) is 25.2 Å². The fourth-order valence-corrected chi connectivity index (χ4v) is 3.95. The van der Waals surface area contributed by atoms with Gasteiger partial charge < -0.3 is 0 Å². The third-order valence-electron chi connectivity index (χ3n) is 6.46. The van der Waals surface area contributed by atoms with Gasteiger partial charge in [0.05, 0.1) is 0 Å². The van der Waals surface area contributed by atoms with Crippen LogP contribution in [0.4, 0.5) is 0 Å². The van der Waals surface area contributed by atoms with Crippen molar-refractivity contribution in [2.45, 2.75) is 88.5 Å². The molecule has 0 amide bonds. The van der Waals surface area contributed by atoms with Crippen molar-refractivity contribution in [3.63, 3.8) is 0 Å². The predicted octanol–water partition coefficient (Wildman–Crippen LogP) is 11.9. The fourth-order valence-electron chi connectivity index (χ4n) is 3.95. The molecule has 0 aliphatic heterocycles. The van der Waals surface area contributed by atoms with Crippen molar-refractivity contribution < 1.29 is 0 Å². The maximum Gasteiger partial charge on any atom is -0.0178 e. The van der Waals surface area contributed by atoms with Crippen molar-refractivity contribution >= 4 is 11.6 Å². The molecule has 204 valence electrons. The van der Waals surface area contributed by atoms with E-state index in [1.54, 1.807) is 0 Å². The van der Waals surface area contributed by atoms with Crippen molar-refractivity contribution in [3.05, 3.63) is 118 Å². The van der Waals surface area contributed by atoms with Gasteiger partial charge in [0.2, 0.25) is 0 Å². The Hall–Kier alpha value is -3.12. The molecule has 0 heteroatoms. The molecule has 0 fully saturated rings. The molecule has 0 atom stereocenters. The molecule has 38 heavy (non-hydrogen) atoms. The Morgan fingerprint density at radius 1 is 0.763 bits per heavy atom. The van der Waals surface area contributed by atoms with Crippen LogP contribution in [0.1, 0.15) is 96.6 Å². The molecule has 0 aromatic heterocycles. The van der Waals surface area contributed by atoms with Gasteiger partial charge in [-0.2, -0.15) is 0 Å². The number of rotatable bonds is 7. The second-order valence-corrected chi connectivity index (χ2v) is 10.4. The highest BCUT2D eigenvalue weighted by atomic mass is 14.1. The molecule has 0 spiro atoms. The highest BCUT2D eigenvalue weighted by Crippen LogP contribution is 2.28. The largest absolute Gasteiger partial charge is 0.0845 e. The zero-order valence-corrected chi connectivity index (χ0v) is 25.9. The van der Waals surface area contributed by atoms with Crippen molar-refractivity contribution in [3.8, 4) is 11.1 Å². The van der Waals surface area contributed by atoms with E-state index in [1.807, 2.05) is 0 Å². The van der Waals surface area contributed by atoms with E-state index in [4.69, 9.17) is 0 Å². The molecular formula is C38H52. The molecule has 0 aliphatic rings. The topological polar surface area (TPSA) is 0 Å². The first kappa shape index (κ1) is 32.9. The molecule has 0 saturated heterocycles. The van der Waals surface area contributed by atoms with Gasteiger partial charge in [0, 0.05) is 0 Å². The summed E-state index contributed by atoms with van der Waals surface area (Å²) < 4.78 is 0. The van der Waals surface area contributed by atoms with Crippen LogP contribution in [-0.2, 0) is 12.8 Å². The zero-order chi connectivity index (χ0) is 28.5. The summed E-state index contributed by atoms with van der Waals surface area (Å²) in [5.41, 5.74) is 12.2. The van der Waals surface area contributed by atoms with Gasteiger partial charge in [-0.3, -0.25) is 0 Å². The van der Waals surface area contributed by atoms with Gasteiger partial charge in [0.25, 0.3) is 0 Å². The van der Waals surface area contributed by atoms with Crippen LogP contribution in [-0.4, -0.2) is 0 Å². The van der Waals surface area contributed by atoms with Gasteiger partial charge in [-0.05, 0) is 103 Å². The first-order chi connectivity index (χ1) is 18.2. The molecule has 3 aromatic carbocycles. The minimum Gasteiger partial charge on any atom is -0.0845 e. The van der Waals surface area contributed by atoms with Crippen LogP contribution in [0.25, 0.3) is 22.8 Å². The average molecular weight is 509 g/mol. The monoisotopic (exact) mass is 508 g/mol. The Morgan fingerprint density at radius 3 is 1.97 bits per heavy atom. The first-order valence-electron chi connectivity index (χ1n) is 14.4.